The number of halogens is 4. The van der Waals surface area contributed by atoms with Crippen LogP contribution in [0.1, 0.15) is 18.9 Å². The first-order valence-corrected chi connectivity index (χ1v) is 6.66. The molecule has 1 aliphatic rings. The fourth-order valence-corrected chi connectivity index (χ4v) is 2.56. The Bertz CT molecular complexity index is 650. The highest BCUT2D eigenvalue weighted by Gasteiger charge is 2.31. The molecule has 1 aromatic rings. The van der Waals surface area contributed by atoms with E-state index in [2.05, 4.69) is 4.74 Å². The monoisotopic (exact) mass is 333 g/mol. The molecule has 4 nitrogen and oxygen atoms in total. The summed E-state index contributed by atoms with van der Waals surface area (Å²) in [4.78, 5) is 10.5. The van der Waals surface area contributed by atoms with Crippen molar-refractivity contribution >= 4 is 17.2 Å². The summed E-state index contributed by atoms with van der Waals surface area (Å²) in [5, 5.41) is 11.4. The molecule has 0 amide bonds. The summed E-state index contributed by atoms with van der Waals surface area (Å²) >= 11 is 6.13. The molecule has 0 fully saturated rings. The van der Waals surface area contributed by atoms with Gasteiger partial charge in [-0.15, -0.1) is 13.2 Å². The highest BCUT2D eigenvalue weighted by atomic mass is 35.5. The summed E-state index contributed by atoms with van der Waals surface area (Å²) in [7, 11) is 0. The van der Waals surface area contributed by atoms with Crippen LogP contribution in [-0.4, -0.2) is 11.3 Å². The Hall–Kier alpha value is -2.02. The quantitative estimate of drug-likeness (QED) is 0.593. The molecule has 2 rings (SSSR count). The van der Waals surface area contributed by atoms with Crippen LogP contribution in [0.3, 0.4) is 0 Å². The second-order valence-electron chi connectivity index (χ2n) is 4.82. The molecule has 8 heteroatoms. The lowest BCUT2D eigenvalue weighted by atomic mass is 9.91. The van der Waals surface area contributed by atoms with Crippen molar-refractivity contribution < 1.29 is 22.8 Å². The fraction of sp³-hybridized carbons (Fsp3) is 0.286. The number of hydrogen-bond donors (Lipinski definition) is 0. The van der Waals surface area contributed by atoms with Crippen LogP contribution in [0.25, 0.3) is 5.57 Å². The average Bonchev–Trinajstić information content (AvgIpc) is 2.38. The molecule has 0 spiro atoms. The van der Waals surface area contributed by atoms with Crippen LogP contribution in [0.5, 0.6) is 5.75 Å². The Kier molecular flexibility index (Phi) is 4.46. The van der Waals surface area contributed by atoms with Gasteiger partial charge in [0.2, 0.25) is 5.70 Å². The van der Waals surface area contributed by atoms with E-state index >= 15 is 0 Å². The van der Waals surface area contributed by atoms with Gasteiger partial charge in [-0.05, 0) is 24.1 Å². The Morgan fingerprint density at radius 3 is 2.41 bits per heavy atom. The van der Waals surface area contributed by atoms with Crippen LogP contribution >= 0.6 is 11.6 Å². The maximum absolute atomic E-state index is 12.1. The fourth-order valence-electron chi connectivity index (χ4n) is 2.16. The van der Waals surface area contributed by atoms with Crippen LogP contribution in [0, 0.1) is 16.0 Å². The molecule has 0 heterocycles. The molecule has 1 aliphatic carbocycles. The van der Waals surface area contributed by atoms with Gasteiger partial charge in [0.25, 0.3) is 0 Å². The van der Waals surface area contributed by atoms with E-state index in [1.165, 1.54) is 18.2 Å². The predicted molar refractivity (Wildman–Crippen MR) is 74.8 cm³/mol. The van der Waals surface area contributed by atoms with Gasteiger partial charge in [0.05, 0.1) is 10.8 Å². The van der Waals surface area contributed by atoms with E-state index in [4.69, 9.17) is 11.6 Å². The van der Waals surface area contributed by atoms with Crippen LogP contribution in [-0.2, 0) is 0 Å². The summed E-state index contributed by atoms with van der Waals surface area (Å²) < 4.78 is 40.1. The highest BCUT2D eigenvalue weighted by Crippen LogP contribution is 2.37. The van der Waals surface area contributed by atoms with E-state index in [1.54, 1.807) is 6.92 Å². The van der Waals surface area contributed by atoms with Crippen LogP contribution in [0.4, 0.5) is 13.2 Å². The first-order chi connectivity index (χ1) is 10.2. The molecular formula is C14H11ClF3NO3. The summed E-state index contributed by atoms with van der Waals surface area (Å²) in [5.74, 6) is -0.685. The van der Waals surface area contributed by atoms with Crippen molar-refractivity contribution in [1.29, 1.82) is 0 Å². The van der Waals surface area contributed by atoms with Gasteiger partial charge in [0, 0.05) is 16.7 Å². The minimum atomic E-state index is -4.77. The topological polar surface area (TPSA) is 52.4 Å². The third kappa shape index (κ3) is 3.79. The lowest BCUT2D eigenvalue weighted by molar-refractivity contribution is -0.433. The molecule has 0 aliphatic heterocycles. The third-order valence-corrected chi connectivity index (χ3v) is 3.54. The number of nitrogens with zero attached hydrogens (tertiary/aromatic N) is 1. The van der Waals surface area contributed by atoms with Crippen LogP contribution < -0.4 is 4.74 Å². The van der Waals surface area contributed by atoms with E-state index in [-0.39, 0.29) is 17.4 Å². The number of benzene rings is 1. The smallest absolute Gasteiger partial charge is 0.406 e. The van der Waals surface area contributed by atoms with Gasteiger partial charge in [-0.25, -0.2) is 0 Å². The number of ether oxygens (including phenoxy) is 1. The summed E-state index contributed by atoms with van der Waals surface area (Å²) in [5.41, 5.74) is 0.950. The Morgan fingerprint density at radius 2 is 1.91 bits per heavy atom. The van der Waals surface area contributed by atoms with E-state index in [1.807, 2.05) is 0 Å². The SMILES string of the molecule is CC1CC(Cl)=C(c2ccc(OC(F)(F)F)cc2)C=C1[N+](=O)[O-]. The van der Waals surface area contributed by atoms with Crippen molar-refractivity contribution in [2.24, 2.45) is 5.92 Å². The van der Waals surface area contributed by atoms with Gasteiger partial charge >= 0.3 is 6.36 Å². The van der Waals surface area contributed by atoms with Gasteiger partial charge in [-0.1, -0.05) is 30.7 Å². The van der Waals surface area contributed by atoms with E-state index < -0.39 is 11.3 Å². The zero-order valence-electron chi connectivity index (χ0n) is 11.4. The highest BCUT2D eigenvalue weighted by molar-refractivity contribution is 6.33. The molecule has 0 radical (unpaired) electrons. The van der Waals surface area contributed by atoms with Gasteiger partial charge < -0.3 is 4.74 Å². The Labute approximate surface area is 129 Å². The van der Waals surface area contributed by atoms with Crippen molar-refractivity contribution in [1.82, 2.24) is 0 Å². The lowest BCUT2D eigenvalue weighted by Crippen LogP contribution is -2.17. The molecule has 1 aromatic carbocycles. The molecule has 22 heavy (non-hydrogen) atoms. The molecule has 1 atom stereocenters. The van der Waals surface area contributed by atoms with Crippen molar-refractivity contribution in [3.05, 3.63) is 56.7 Å². The third-order valence-electron chi connectivity index (χ3n) is 3.18. The number of alkyl halides is 3. The second-order valence-corrected chi connectivity index (χ2v) is 5.28. The zero-order chi connectivity index (χ0) is 16.5. The van der Waals surface area contributed by atoms with Crippen molar-refractivity contribution in [2.75, 3.05) is 0 Å². The number of hydrogen-bond acceptors (Lipinski definition) is 3. The van der Waals surface area contributed by atoms with Crippen molar-refractivity contribution in [3.63, 3.8) is 0 Å². The number of rotatable bonds is 3. The lowest BCUT2D eigenvalue weighted by Gasteiger charge is -2.17. The number of nitro groups is 1. The Morgan fingerprint density at radius 1 is 1.32 bits per heavy atom. The molecule has 1 unspecified atom stereocenters. The normalized spacial score (nSPS) is 19.0. The molecule has 0 N–H and O–H groups in total. The van der Waals surface area contributed by atoms with Gasteiger partial charge in [0.15, 0.2) is 0 Å². The first-order valence-electron chi connectivity index (χ1n) is 6.28. The maximum Gasteiger partial charge on any atom is 0.573 e. The van der Waals surface area contributed by atoms with Gasteiger partial charge in [0.1, 0.15) is 5.75 Å². The predicted octanol–water partition coefficient (Wildman–Crippen LogP) is 4.74. The second kappa shape index (κ2) is 6.00. The van der Waals surface area contributed by atoms with E-state index in [9.17, 15) is 23.3 Å². The molecule has 0 saturated carbocycles. The molecule has 0 saturated heterocycles. The molecule has 0 bridgehead atoms. The van der Waals surface area contributed by atoms with E-state index in [0.29, 0.717) is 22.6 Å². The van der Waals surface area contributed by atoms with Gasteiger partial charge in [-0.3, -0.25) is 10.1 Å². The van der Waals surface area contributed by atoms with Crippen molar-refractivity contribution in [2.45, 2.75) is 19.7 Å². The van der Waals surface area contributed by atoms with Crippen LogP contribution in [0.2, 0.25) is 0 Å². The standard InChI is InChI=1S/C14H11ClF3NO3/c1-8-6-12(15)11(7-13(8)19(20)21)9-2-4-10(5-3-9)22-14(16,17)18/h2-5,7-8H,6H2,1H3. The van der Waals surface area contributed by atoms with E-state index in [0.717, 1.165) is 12.1 Å². The number of allylic oxidation sites excluding steroid dienone is 4. The minimum Gasteiger partial charge on any atom is -0.406 e. The summed E-state index contributed by atoms with van der Waals surface area (Å²) in [6.45, 7) is 1.69. The molecular weight excluding hydrogens is 323 g/mol. The Balaban J connectivity index is 2.31. The zero-order valence-corrected chi connectivity index (χ0v) is 12.1. The first kappa shape index (κ1) is 16.4. The van der Waals surface area contributed by atoms with Crippen LogP contribution in [0.15, 0.2) is 41.1 Å². The molecule has 0 aromatic heterocycles. The average molecular weight is 334 g/mol. The van der Waals surface area contributed by atoms with Crippen molar-refractivity contribution in [3.8, 4) is 5.75 Å². The maximum atomic E-state index is 12.1. The molecule has 118 valence electrons. The summed E-state index contributed by atoms with van der Waals surface area (Å²) in [6.07, 6.45) is -3.10. The largest absolute Gasteiger partial charge is 0.573 e. The minimum absolute atomic E-state index is 0.0232. The van der Waals surface area contributed by atoms with Gasteiger partial charge in [-0.2, -0.15) is 0 Å². The summed E-state index contributed by atoms with van der Waals surface area (Å²) in [6, 6.07) is 5.03.